The van der Waals surface area contributed by atoms with E-state index in [0.29, 0.717) is 12.1 Å². The summed E-state index contributed by atoms with van der Waals surface area (Å²) in [7, 11) is 2.01. The summed E-state index contributed by atoms with van der Waals surface area (Å²) in [5.74, 6) is 0.871. The monoisotopic (exact) mass is 199 g/mol. The first-order valence-electron chi connectivity index (χ1n) is 6.01. The highest BCUT2D eigenvalue weighted by Gasteiger charge is 2.18. The lowest BCUT2D eigenvalue weighted by Crippen LogP contribution is -2.26. The van der Waals surface area contributed by atoms with E-state index in [1.54, 1.807) is 0 Å². The fourth-order valence-corrected chi connectivity index (χ4v) is 2.09. The molecular formula is C12H25NO. The Balaban J connectivity index is 2.05. The van der Waals surface area contributed by atoms with Gasteiger partial charge in [-0.25, -0.2) is 0 Å². The van der Waals surface area contributed by atoms with Gasteiger partial charge in [0, 0.05) is 12.6 Å². The van der Waals surface area contributed by atoms with Gasteiger partial charge in [-0.15, -0.1) is 0 Å². The predicted molar refractivity (Wildman–Crippen MR) is 60.5 cm³/mol. The summed E-state index contributed by atoms with van der Waals surface area (Å²) in [4.78, 5) is 0. The highest BCUT2D eigenvalue weighted by atomic mass is 16.5. The summed E-state index contributed by atoms with van der Waals surface area (Å²) in [6.07, 6.45) is 6.97. The number of hydrogen-bond donors (Lipinski definition) is 1. The molecular weight excluding hydrogens is 174 g/mol. The van der Waals surface area contributed by atoms with E-state index >= 15 is 0 Å². The molecule has 0 bridgehead atoms. The van der Waals surface area contributed by atoms with Crippen LogP contribution in [0.4, 0.5) is 0 Å². The smallest absolute Gasteiger partial charge is 0.0577 e. The molecule has 0 heterocycles. The lowest BCUT2D eigenvalue weighted by Gasteiger charge is -2.27. The molecule has 1 aliphatic carbocycles. The summed E-state index contributed by atoms with van der Waals surface area (Å²) in [5, 5.41) is 3.23. The van der Waals surface area contributed by atoms with Gasteiger partial charge >= 0.3 is 0 Å². The Morgan fingerprint density at radius 3 is 2.86 bits per heavy atom. The molecule has 0 aliphatic heterocycles. The van der Waals surface area contributed by atoms with Crippen LogP contribution in [0.1, 0.15) is 46.0 Å². The van der Waals surface area contributed by atoms with Gasteiger partial charge in [-0.05, 0) is 39.2 Å². The molecule has 1 rings (SSSR count). The molecule has 0 saturated heterocycles. The van der Waals surface area contributed by atoms with E-state index in [-0.39, 0.29) is 0 Å². The van der Waals surface area contributed by atoms with Crippen molar-refractivity contribution in [1.82, 2.24) is 5.32 Å². The van der Waals surface area contributed by atoms with Gasteiger partial charge in [0.15, 0.2) is 0 Å². The van der Waals surface area contributed by atoms with Gasteiger partial charge in [-0.1, -0.05) is 19.8 Å². The van der Waals surface area contributed by atoms with Crippen LogP contribution in [-0.2, 0) is 4.74 Å². The summed E-state index contributed by atoms with van der Waals surface area (Å²) < 4.78 is 5.89. The van der Waals surface area contributed by atoms with Crippen molar-refractivity contribution in [3.05, 3.63) is 0 Å². The van der Waals surface area contributed by atoms with Crippen LogP contribution in [0.3, 0.4) is 0 Å². The van der Waals surface area contributed by atoms with Crippen LogP contribution >= 0.6 is 0 Å². The summed E-state index contributed by atoms with van der Waals surface area (Å²) in [5.41, 5.74) is 0. The summed E-state index contributed by atoms with van der Waals surface area (Å²) in [6, 6.07) is 0.580. The van der Waals surface area contributed by atoms with Crippen LogP contribution < -0.4 is 5.32 Å². The second kappa shape index (κ2) is 6.41. The van der Waals surface area contributed by atoms with Crippen molar-refractivity contribution in [2.75, 3.05) is 13.7 Å². The zero-order chi connectivity index (χ0) is 10.4. The van der Waals surface area contributed by atoms with Crippen molar-refractivity contribution < 1.29 is 4.74 Å². The normalized spacial score (nSPS) is 30.2. The van der Waals surface area contributed by atoms with Crippen molar-refractivity contribution in [3.8, 4) is 0 Å². The predicted octanol–water partition coefficient (Wildman–Crippen LogP) is 2.58. The molecule has 1 aliphatic rings. The minimum atomic E-state index is 0.544. The van der Waals surface area contributed by atoms with E-state index in [4.69, 9.17) is 4.74 Å². The molecule has 1 fully saturated rings. The molecule has 0 aromatic rings. The highest BCUT2D eigenvalue weighted by molar-refractivity contribution is 4.70. The molecule has 84 valence electrons. The quantitative estimate of drug-likeness (QED) is 0.735. The second-order valence-electron chi connectivity index (χ2n) is 4.74. The van der Waals surface area contributed by atoms with Crippen molar-refractivity contribution >= 4 is 0 Å². The van der Waals surface area contributed by atoms with E-state index in [1.165, 1.54) is 25.7 Å². The van der Waals surface area contributed by atoms with Crippen molar-refractivity contribution in [1.29, 1.82) is 0 Å². The van der Waals surface area contributed by atoms with Gasteiger partial charge in [0.25, 0.3) is 0 Å². The molecule has 14 heavy (non-hydrogen) atoms. The molecule has 3 unspecified atom stereocenters. The summed E-state index contributed by atoms with van der Waals surface area (Å²) in [6.45, 7) is 5.46. The third-order valence-corrected chi connectivity index (χ3v) is 3.29. The van der Waals surface area contributed by atoms with E-state index in [9.17, 15) is 0 Å². The zero-order valence-electron chi connectivity index (χ0n) is 9.88. The van der Waals surface area contributed by atoms with Crippen LogP contribution in [0.2, 0.25) is 0 Å². The molecule has 0 radical (unpaired) electrons. The Morgan fingerprint density at radius 2 is 2.21 bits per heavy atom. The molecule has 1 saturated carbocycles. The maximum Gasteiger partial charge on any atom is 0.0577 e. The van der Waals surface area contributed by atoms with Crippen molar-refractivity contribution in [3.63, 3.8) is 0 Å². The fourth-order valence-electron chi connectivity index (χ4n) is 2.09. The third kappa shape index (κ3) is 4.43. The van der Waals surface area contributed by atoms with Crippen molar-refractivity contribution in [2.24, 2.45) is 5.92 Å². The number of rotatable bonds is 5. The Labute approximate surface area is 88.4 Å². The minimum absolute atomic E-state index is 0.544. The highest BCUT2D eigenvalue weighted by Crippen LogP contribution is 2.25. The molecule has 3 atom stereocenters. The van der Waals surface area contributed by atoms with E-state index in [0.717, 1.165) is 18.9 Å². The fraction of sp³-hybridized carbons (Fsp3) is 1.00. The first-order chi connectivity index (χ1) is 6.72. The molecule has 2 nitrogen and oxygen atoms in total. The largest absolute Gasteiger partial charge is 0.378 e. The number of hydrogen-bond acceptors (Lipinski definition) is 2. The minimum Gasteiger partial charge on any atom is -0.378 e. The van der Waals surface area contributed by atoms with Crippen LogP contribution in [0, 0.1) is 5.92 Å². The molecule has 0 spiro atoms. The Bertz CT molecular complexity index is 149. The summed E-state index contributed by atoms with van der Waals surface area (Å²) >= 11 is 0. The zero-order valence-corrected chi connectivity index (χ0v) is 9.88. The number of nitrogens with one attached hydrogen (secondary N) is 1. The van der Waals surface area contributed by atoms with E-state index in [2.05, 4.69) is 19.2 Å². The lowest BCUT2D eigenvalue weighted by molar-refractivity contribution is 0.0121. The average molecular weight is 199 g/mol. The van der Waals surface area contributed by atoms with Crippen LogP contribution in [0.5, 0.6) is 0 Å². The topological polar surface area (TPSA) is 21.3 Å². The van der Waals surface area contributed by atoms with Gasteiger partial charge < -0.3 is 10.1 Å². The Morgan fingerprint density at radius 1 is 1.43 bits per heavy atom. The van der Waals surface area contributed by atoms with Gasteiger partial charge in [0.05, 0.1) is 6.10 Å². The average Bonchev–Trinajstić information content (AvgIpc) is 2.17. The maximum atomic E-state index is 5.89. The molecule has 0 amide bonds. The molecule has 0 aromatic carbocycles. The molecule has 0 aromatic heterocycles. The van der Waals surface area contributed by atoms with Crippen LogP contribution in [-0.4, -0.2) is 25.8 Å². The molecule has 2 heteroatoms. The molecule has 1 N–H and O–H groups in total. The van der Waals surface area contributed by atoms with Crippen LogP contribution in [0.25, 0.3) is 0 Å². The Hall–Kier alpha value is -0.0800. The standard InChI is InChI=1S/C12H25NO/c1-10-5-4-6-12(9-10)14-8-7-11(2)13-3/h10-13H,4-9H2,1-3H3. The van der Waals surface area contributed by atoms with Crippen molar-refractivity contribution in [2.45, 2.75) is 58.1 Å². The van der Waals surface area contributed by atoms with Crippen LogP contribution in [0.15, 0.2) is 0 Å². The lowest BCUT2D eigenvalue weighted by atomic mass is 9.89. The van der Waals surface area contributed by atoms with Gasteiger partial charge in [0.2, 0.25) is 0 Å². The van der Waals surface area contributed by atoms with Gasteiger partial charge in [-0.2, -0.15) is 0 Å². The van der Waals surface area contributed by atoms with E-state index in [1.807, 2.05) is 7.05 Å². The first-order valence-corrected chi connectivity index (χ1v) is 6.01. The first kappa shape index (κ1) is 12.0. The SMILES string of the molecule is CNC(C)CCOC1CCCC(C)C1. The van der Waals surface area contributed by atoms with Gasteiger partial charge in [-0.3, -0.25) is 0 Å². The third-order valence-electron chi connectivity index (χ3n) is 3.29. The van der Waals surface area contributed by atoms with E-state index < -0.39 is 0 Å². The second-order valence-corrected chi connectivity index (χ2v) is 4.74. The van der Waals surface area contributed by atoms with Gasteiger partial charge in [0.1, 0.15) is 0 Å². The maximum absolute atomic E-state index is 5.89. The Kier molecular flexibility index (Phi) is 5.49. The number of ether oxygens (including phenoxy) is 1.